The van der Waals surface area contributed by atoms with Crippen molar-refractivity contribution in [3.63, 3.8) is 0 Å². The third-order valence-electron chi connectivity index (χ3n) is 3.75. The highest BCUT2D eigenvalue weighted by molar-refractivity contribution is 8.22. The second-order valence-electron chi connectivity index (χ2n) is 6.57. The molecule has 0 atom stereocenters. The molecule has 0 aromatic carbocycles. The molecule has 3 heteroatoms. The maximum Gasteiger partial charge on any atom is 0.138 e. The molecule has 0 heterocycles. The molecule has 0 aliphatic heterocycles. The Labute approximate surface area is 142 Å². The summed E-state index contributed by atoms with van der Waals surface area (Å²) in [6.07, 6.45) is 4.61. The summed E-state index contributed by atoms with van der Waals surface area (Å²) in [5.41, 5.74) is 4.61. The lowest BCUT2D eigenvalue weighted by atomic mass is 10.2. The van der Waals surface area contributed by atoms with Crippen LogP contribution in [0, 0.1) is 23.3 Å². The fourth-order valence-corrected chi connectivity index (χ4v) is 3.91. The van der Waals surface area contributed by atoms with Gasteiger partial charge in [-0.2, -0.15) is 0 Å². The van der Waals surface area contributed by atoms with Crippen LogP contribution < -0.4 is 0 Å². The van der Waals surface area contributed by atoms with Crippen LogP contribution in [0.1, 0.15) is 47.5 Å². The summed E-state index contributed by atoms with van der Waals surface area (Å²) in [6.45, 7) is 15.7. The highest BCUT2D eigenvalue weighted by atomic mass is 32.2. The largest absolute Gasteiger partial charge is 0.138 e. The van der Waals surface area contributed by atoms with Gasteiger partial charge in [0.25, 0.3) is 0 Å². The van der Waals surface area contributed by atoms with E-state index < -0.39 is 8.07 Å². The molecule has 0 radical (unpaired) electrons. The molecule has 0 saturated carbocycles. The zero-order chi connectivity index (χ0) is 16.5. The van der Waals surface area contributed by atoms with E-state index in [1.165, 1.54) is 17.1 Å². The number of rotatable bonds is 5. The molecule has 0 unspecified atom stereocenters. The van der Waals surface area contributed by atoms with Gasteiger partial charge in [-0.15, -0.1) is 35.0 Å². The molecule has 21 heavy (non-hydrogen) atoms. The average Bonchev–Trinajstić information content (AvgIpc) is 2.39. The minimum absolute atomic E-state index is 0.291. The van der Waals surface area contributed by atoms with Crippen LogP contribution in [0.3, 0.4) is 0 Å². The summed E-state index contributed by atoms with van der Waals surface area (Å²) in [6, 6.07) is 0. The monoisotopic (exact) mass is 338 g/mol. The topological polar surface area (TPSA) is 0 Å². The smallest absolute Gasteiger partial charge is 0.125 e. The van der Waals surface area contributed by atoms with E-state index in [-0.39, 0.29) is 0 Å². The Kier molecular flexibility index (Phi) is 9.62. The lowest BCUT2D eigenvalue weighted by Crippen LogP contribution is -2.35. The van der Waals surface area contributed by atoms with Crippen molar-refractivity contribution >= 4 is 31.6 Å². The van der Waals surface area contributed by atoms with Gasteiger partial charge in [0.2, 0.25) is 0 Å². The van der Waals surface area contributed by atoms with Gasteiger partial charge in [0, 0.05) is 0 Å². The molecule has 0 fully saturated rings. The van der Waals surface area contributed by atoms with Gasteiger partial charge in [-0.3, -0.25) is 0 Å². The van der Waals surface area contributed by atoms with E-state index in [0.29, 0.717) is 5.04 Å². The number of hydrogen-bond acceptors (Lipinski definition) is 2. The Balaban J connectivity index is 5.44. The van der Waals surface area contributed by atoms with Gasteiger partial charge >= 0.3 is 0 Å². The molecule has 0 aliphatic carbocycles. The SMILES string of the molecule is CC#C/C(C#C[Si](C)(C)C(C)(C)C)=C(\SC)SCCCC. The first-order valence-electron chi connectivity index (χ1n) is 7.56. The predicted octanol–water partition coefficient (Wildman–Crippen LogP) is 6.17. The molecule has 0 aromatic heterocycles. The van der Waals surface area contributed by atoms with E-state index in [0.717, 1.165) is 11.3 Å². The van der Waals surface area contributed by atoms with Crippen LogP contribution in [-0.4, -0.2) is 20.1 Å². The quantitative estimate of drug-likeness (QED) is 0.334. The molecule has 0 aromatic rings. The minimum atomic E-state index is -1.58. The van der Waals surface area contributed by atoms with Crippen LogP contribution in [-0.2, 0) is 0 Å². The Hall–Kier alpha value is -0.223. The summed E-state index contributed by atoms with van der Waals surface area (Å²) >= 11 is 3.68. The summed E-state index contributed by atoms with van der Waals surface area (Å²) in [7, 11) is -1.58. The fraction of sp³-hybridized carbons (Fsp3) is 0.667. The van der Waals surface area contributed by atoms with E-state index in [1.807, 2.05) is 18.7 Å². The van der Waals surface area contributed by atoms with Gasteiger partial charge in [0.05, 0.1) is 9.81 Å². The maximum atomic E-state index is 3.59. The molecule has 0 nitrogen and oxygen atoms in total. The van der Waals surface area contributed by atoms with Crippen molar-refractivity contribution in [1.29, 1.82) is 0 Å². The highest BCUT2D eigenvalue weighted by Gasteiger charge is 2.33. The van der Waals surface area contributed by atoms with E-state index >= 15 is 0 Å². The zero-order valence-electron chi connectivity index (χ0n) is 14.9. The van der Waals surface area contributed by atoms with Gasteiger partial charge in [-0.05, 0) is 30.4 Å². The lowest BCUT2D eigenvalue weighted by molar-refractivity contribution is 0.731. The summed E-state index contributed by atoms with van der Waals surface area (Å²) < 4.78 is 1.28. The van der Waals surface area contributed by atoms with Gasteiger partial charge in [0.15, 0.2) is 0 Å². The normalized spacial score (nSPS) is 12.8. The first kappa shape index (κ1) is 20.8. The fourth-order valence-electron chi connectivity index (χ4n) is 1.21. The highest BCUT2D eigenvalue weighted by Crippen LogP contribution is 2.35. The van der Waals surface area contributed by atoms with Crippen molar-refractivity contribution in [3.8, 4) is 23.3 Å². The average molecular weight is 339 g/mol. The Morgan fingerprint density at radius 2 is 1.76 bits per heavy atom. The Bertz CT molecular complexity index is 473. The molecule has 0 bridgehead atoms. The number of unbranched alkanes of at least 4 members (excludes halogenated alkanes) is 1. The van der Waals surface area contributed by atoms with Crippen LogP contribution in [0.5, 0.6) is 0 Å². The Morgan fingerprint density at radius 3 is 2.19 bits per heavy atom. The molecule has 0 amide bonds. The van der Waals surface area contributed by atoms with Crippen molar-refractivity contribution in [2.45, 2.75) is 65.6 Å². The maximum absolute atomic E-state index is 3.59. The first-order chi connectivity index (χ1) is 9.69. The summed E-state index contributed by atoms with van der Waals surface area (Å²) in [5.74, 6) is 10.8. The van der Waals surface area contributed by atoms with E-state index in [1.54, 1.807) is 11.8 Å². The molecule has 0 aliphatic rings. The molecular weight excluding hydrogens is 308 g/mol. The van der Waals surface area contributed by atoms with Gasteiger partial charge < -0.3 is 0 Å². The van der Waals surface area contributed by atoms with Crippen LogP contribution in [0.4, 0.5) is 0 Å². The first-order valence-corrected chi connectivity index (χ1v) is 12.8. The second-order valence-corrected chi connectivity index (χ2v) is 13.7. The minimum Gasteiger partial charge on any atom is -0.125 e. The van der Waals surface area contributed by atoms with Crippen molar-refractivity contribution < 1.29 is 0 Å². The van der Waals surface area contributed by atoms with Crippen molar-refractivity contribution in [3.05, 3.63) is 9.81 Å². The number of thioether (sulfide) groups is 2. The van der Waals surface area contributed by atoms with E-state index in [2.05, 4.69) is 70.3 Å². The molecule has 0 N–H and O–H groups in total. The van der Waals surface area contributed by atoms with Crippen LogP contribution in [0.25, 0.3) is 0 Å². The molecule has 0 spiro atoms. The third kappa shape index (κ3) is 7.55. The number of allylic oxidation sites excluding steroid dienone is 1. The van der Waals surface area contributed by atoms with Crippen molar-refractivity contribution in [1.82, 2.24) is 0 Å². The van der Waals surface area contributed by atoms with Crippen LogP contribution >= 0.6 is 23.5 Å². The molecule has 0 saturated heterocycles. The third-order valence-corrected chi connectivity index (χ3v) is 10.6. The zero-order valence-corrected chi connectivity index (χ0v) is 17.6. The lowest BCUT2D eigenvalue weighted by Gasteiger charge is -2.31. The summed E-state index contributed by atoms with van der Waals surface area (Å²) in [5, 5.41) is 0.291. The van der Waals surface area contributed by atoms with E-state index in [9.17, 15) is 0 Å². The Morgan fingerprint density at radius 1 is 1.14 bits per heavy atom. The van der Waals surface area contributed by atoms with Crippen LogP contribution in [0.15, 0.2) is 9.81 Å². The van der Waals surface area contributed by atoms with Gasteiger partial charge in [-0.1, -0.05) is 59.1 Å². The van der Waals surface area contributed by atoms with Crippen LogP contribution in [0.2, 0.25) is 18.1 Å². The summed E-state index contributed by atoms with van der Waals surface area (Å²) in [4.78, 5) is 0. The molecule has 118 valence electrons. The predicted molar refractivity (Wildman–Crippen MR) is 106 cm³/mol. The second kappa shape index (κ2) is 9.72. The van der Waals surface area contributed by atoms with Crippen molar-refractivity contribution in [2.24, 2.45) is 0 Å². The van der Waals surface area contributed by atoms with Gasteiger partial charge in [0.1, 0.15) is 8.07 Å². The van der Waals surface area contributed by atoms with Crippen molar-refractivity contribution in [2.75, 3.05) is 12.0 Å². The van der Waals surface area contributed by atoms with Gasteiger partial charge in [-0.25, -0.2) is 0 Å². The standard InChI is InChI=1S/C18H30S2Si/c1-9-11-14-20-17(19-6)16(12-10-2)13-15-21(7,8)18(3,4)5/h9,11,14H2,1-8H3/b17-16-. The number of hydrogen-bond donors (Lipinski definition) is 0. The van der Waals surface area contributed by atoms with E-state index in [4.69, 9.17) is 0 Å². The molecular formula is C18H30S2Si. The molecule has 0 rings (SSSR count).